The first-order valence-corrected chi connectivity index (χ1v) is 11.7. The van der Waals surface area contributed by atoms with Crippen molar-refractivity contribution in [2.24, 2.45) is 0 Å². The first-order valence-electron chi connectivity index (χ1n) is 9.88. The number of ether oxygens (including phenoxy) is 2. The molecule has 0 radical (unpaired) electrons. The molecule has 1 atom stereocenters. The van der Waals surface area contributed by atoms with Gasteiger partial charge in [-0.3, -0.25) is 4.79 Å². The van der Waals surface area contributed by atoms with Crippen molar-refractivity contribution in [3.05, 3.63) is 75.5 Å². The first-order chi connectivity index (χ1) is 14.6. The smallest absolute Gasteiger partial charge is 0.233 e. The van der Waals surface area contributed by atoms with Crippen molar-refractivity contribution in [3.8, 4) is 11.5 Å². The maximum Gasteiger partial charge on any atom is 0.233 e. The fraction of sp³-hybridized carbons (Fsp3) is 0.292. The molecule has 30 heavy (non-hydrogen) atoms. The van der Waals surface area contributed by atoms with Crippen LogP contribution in [0.4, 0.5) is 0 Å². The van der Waals surface area contributed by atoms with Crippen LogP contribution < -0.4 is 9.47 Å². The average Bonchev–Trinajstić information content (AvgIpc) is 3.31. The number of thiophene rings is 1. The second-order valence-electron chi connectivity index (χ2n) is 7.22. The highest BCUT2D eigenvalue weighted by Crippen LogP contribution is 2.42. The fourth-order valence-corrected chi connectivity index (χ4v) is 5.68. The summed E-state index contributed by atoms with van der Waals surface area (Å²) in [6, 6.07) is 16.3. The molecule has 3 aromatic rings. The highest BCUT2D eigenvalue weighted by Gasteiger charge is 2.33. The number of hydrogen-bond acceptors (Lipinski definition) is 5. The summed E-state index contributed by atoms with van der Waals surface area (Å²) in [5.74, 6) is 2.01. The van der Waals surface area contributed by atoms with Crippen molar-refractivity contribution in [2.45, 2.75) is 24.3 Å². The van der Waals surface area contributed by atoms with Crippen LogP contribution in [0.3, 0.4) is 0 Å². The molecule has 6 heteroatoms. The maximum absolute atomic E-state index is 13.3. The van der Waals surface area contributed by atoms with Gasteiger partial charge in [-0.05, 0) is 59.7 Å². The monoisotopic (exact) mass is 439 g/mol. The zero-order valence-electron chi connectivity index (χ0n) is 17.4. The molecule has 2 aromatic carbocycles. The number of carbonyl (C=O) groups is 1. The summed E-state index contributed by atoms with van der Waals surface area (Å²) >= 11 is 3.29. The largest absolute Gasteiger partial charge is 0.493 e. The number of nitrogens with zero attached hydrogens (tertiary/aromatic N) is 1. The molecule has 0 saturated heterocycles. The molecule has 156 valence electrons. The van der Waals surface area contributed by atoms with Crippen molar-refractivity contribution >= 4 is 29.0 Å². The van der Waals surface area contributed by atoms with Crippen LogP contribution in [-0.2, 0) is 11.2 Å². The van der Waals surface area contributed by atoms with E-state index in [4.69, 9.17) is 9.47 Å². The summed E-state index contributed by atoms with van der Waals surface area (Å²) in [5, 5.41) is 2.06. The molecule has 0 bridgehead atoms. The van der Waals surface area contributed by atoms with Gasteiger partial charge in [0.05, 0.1) is 26.0 Å². The van der Waals surface area contributed by atoms with Gasteiger partial charge in [-0.2, -0.15) is 0 Å². The number of amides is 1. The second kappa shape index (κ2) is 9.14. The zero-order chi connectivity index (χ0) is 21.1. The van der Waals surface area contributed by atoms with Gasteiger partial charge in [-0.1, -0.05) is 24.3 Å². The van der Waals surface area contributed by atoms with Crippen LogP contribution in [0.5, 0.6) is 11.5 Å². The van der Waals surface area contributed by atoms with Crippen LogP contribution in [-0.4, -0.2) is 37.3 Å². The van der Waals surface area contributed by atoms with E-state index >= 15 is 0 Å². The molecule has 1 aliphatic heterocycles. The molecular formula is C24H25NO3S2. The highest BCUT2D eigenvalue weighted by atomic mass is 32.2. The maximum atomic E-state index is 13.3. The minimum atomic E-state index is -0.0986. The Bertz CT molecular complexity index is 1030. The van der Waals surface area contributed by atoms with Crippen LogP contribution in [0.2, 0.25) is 0 Å². The lowest BCUT2D eigenvalue weighted by molar-refractivity contribution is -0.130. The van der Waals surface area contributed by atoms with Crippen molar-refractivity contribution in [1.29, 1.82) is 0 Å². The Labute approximate surface area is 185 Å². The summed E-state index contributed by atoms with van der Waals surface area (Å²) in [4.78, 5) is 17.7. The van der Waals surface area contributed by atoms with Crippen LogP contribution in [0.15, 0.2) is 58.8 Å². The minimum Gasteiger partial charge on any atom is -0.493 e. The fourth-order valence-electron chi connectivity index (χ4n) is 3.91. The predicted octanol–water partition coefficient (Wildman–Crippen LogP) is 5.34. The van der Waals surface area contributed by atoms with Crippen molar-refractivity contribution in [1.82, 2.24) is 4.90 Å². The normalized spacial score (nSPS) is 15.6. The number of thioether (sulfide) groups is 1. The Morgan fingerprint density at radius 1 is 1.13 bits per heavy atom. The SMILES string of the molecule is COc1cc2c(cc1OC)C(c1cccs1)N(C(=O)CSc1ccccc1C)CC2. The van der Waals surface area contributed by atoms with Gasteiger partial charge in [0.1, 0.15) is 0 Å². The molecule has 0 N–H and O–H groups in total. The third-order valence-electron chi connectivity index (χ3n) is 5.45. The van der Waals surface area contributed by atoms with Gasteiger partial charge in [0.25, 0.3) is 0 Å². The summed E-state index contributed by atoms with van der Waals surface area (Å²) in [7, 11) is 3.30. The van der Waals surface area contributed by atoms with Gasteiger partial charge in [0.2, 0.25) is 5.91 Å². The van der Waals surface area contributed by atoms with E-state index in [1.165, 1.54) is 11.1 Å². The number of benzene rings is 2. The molecule has 0 fully saturated rings. The standard InChI is InChI=1S/C24H25NO3S2/c1-16-7-4-5-8-21(16)30-15-23(26)25-11-10-17-13-19(27-2)20(28-3)14-18(17)24(25)22-9-6-12-29-22/h4-9,12-14,24H,10-11,15H2,1-3H3. The Morgan fingerprint density at radius 2 is 1.90 bits per heavy atom. The molecule has 0 spiro atoms. The van der Waals surface area contributed by atoms with E-state index in [2.05, 4.69) is 36.6 Å². The van der Waals surface area contributed by atoms with Gasteiger partial charge in [-0.15, -0.1) is 23.1 Å². The third-order valence-corrected chi connectivity index (χ3v) is 7.54. The molecule has 0 aliphatic carbocycles. The molecule has 1 aliphatic rings. The van der Waals surface area contributed by atoms with E-state index in [1.54, 1.807) is 37.3 Å². The number of fused-ring (bicyclic) bond motifs is 1. The molecule has 4 rings (SSSR count). The summed E-state index contributed by atoms with van der Waals surface area (Å²) in [5.41, 5.74) is 3.53. The van der Waals surface area contributed by atoms with E-state index in [-0.39, 0.29) is 11.9 Å². The summed E-state index contributed by atoms with van der Waals surface area (Å²) < 4.78 is 11.0. The second-order valence-corrected chi connectivity index (χ2v) is 9.21. The summed E-state index contributed by atoms with van der Waals surface area (Å²) in [6.07, 6.45) is 0.804. The predicted molar refractivity (Wildman–Crippen MR) is 123 cm³/mol. The first kappa shape index (κ1) is 20.8. The van der Waals surface area contributed by atoms with Crippen molar-refractivity contribution in [2.75, 3.05) is 26.5 Å². The number of aryl methyl sites for hydroxylation is 1. The lowest BCUT2D eigenvalue weighted by Gasteiger charge is -2.37. The minimum absolute atomic E-state index is 0.0986. The van der Waals surface area contributed by atoms with Crippen LogP contribution in [0, 0.1) is 6.92 Å². The van der Waals surface area contributed by atoms with Gasteiger partial charge in [0.15, 0.2) is 11.5 Å². The van der Waals surface area contributed by atoms with Gasteiger partial charge in [0, 0.05) is 16.3 Å². The topological polar surface area (TPSA) is 38.8 Å². The summed E-state index contributed by atoms with van der Waals surface area (Å²) in [6.45, 7) is 2.77. The zero-order valence-corrected chi connectivity index (χ0v) is 19.0. The van der Waals surface area contributed by atoms with Gasteiger partial charge < -0.3 is 14.4 Å². The molecule has 2 heterocycles. The van der Waals surface area contributed by atoms with Crippen molar-refractivity contribution < 1.29 is 14.3 Å². The molecular weight excluding hydrogens is 414 g/mol. The van der Waals surface area contributed by atoms with Gasteiger partial charge in [-0.25, -0.2) is 0 Å². The van der Waals surface area contributed by atoms with E-state index in [9.17, 15) is 4.79 Å². The number of rotatable bonds is 6. The molecule has 1 unspecified atom stereocenters. The average molecular weight is 440 g/mol. The molecule has 4 nitrogen and oxygen atoms in total. The lowest BCUT2D eigenvalue weighted by atomic mass is 9.91. The lowest BCUT2D eigenvalue weighted by Crippen LogP contribution is -2.41. The Balaban J connectivity index is 1.65. The van der Waals surface area contributed by atoms with E-state index < -0.39 is 0 Å². The number of methoxy groups -OCH3 is 2. The molecule has 1 amide bonds. The van der Waals surface area contributed by atoms with Crippen LogP contribution >= 0.6 is 23.1 Å². The van der Waals surface area contributed by atoms with Crippen LogP contribution in [0.1, 0.15) is 27.6 Å². The van der Waals surface area contributed by atoms with E-state index in [0.717, 1.165) is 27.5 Å². The Kier molecular flexibility index (Phi) is 6.35. The Hall–Kier alpha value is -2.44. The highest BCUT2D eigenvalue weighted by molar-refractivity contribution is 8.00. The quantitative estimate of drug-likeness (QED) is 0.486. The number of hydrogen-bond donors (Lipinski definition) is 0. The van der Waals surface area contributed by atoms with Crippen LogP contribution in [0.25, 0.3) is 0 Å². The molecule has 1 aromatic heterocycles. The van der Waals surface area contributed by atoms with E-state index in [1.807, 2.05) is 29.2 Å². The van der Waals surface area contributed by atoms with E-state index in [0.29, 0.717) is 18.0 Å². The van der Waals surface area contributed by atoms with Crippen molar-refractivity contribution in [3.63, 3.8) is 0 Å². The third kappa shape index (κ3) is 4.07. The Morgan fingerprint density at radius 3 is 2.60 bits per heavy atom. The molecule has 0 saturated carbocycles. The number of carbonyl (C=O) groups excluding carboxylic acids is 1. The van der Waals surface area contributed by atoms with Gasteiger partial charge >= 0.3 is 0 Å².